The van der Waals surface area contributed by atoms with Crippen molar-refractivity contribution in [2.45, 2.75) is 11.8 Å². The molecule has 0 saturated heterocycles. The van der Waals surface area contributed by atoms with E-state index < -0.39 is 5.97 Å². The third kappa shape index (κ3) is 4.95. The maximum atomic E-state index is 13.0. The van der Waals surface area contributed by atoms with Crippen LogP contribution in [0, 0.1) is 9.49 Å². The zero-order valence-corrected chi connectivity index (χ0v) is 21.5. The van der Waals surface area contributed by atoms with Crippen molar-refractivity contribution in [3.63, 3.8) is 0 Å². The monoisotopic (exact) mass is 586 g/mol. The van der Waals surface area contributed by atoms with Gasteiger partial charge in [-0.15, -0.1) is 0 Å². The van der Waals surface area contributed by atoms with E-state index in [4.69, 9.17) is 4.74 Å². The molecule has 1 amide bonds. The smallest absolute Gasteiger partial charge is 0.344 e. The van der Waals surface area contributed by atoms with Crippen molar-refractivity contribution >= 4 is 40.7 Å². The Bertz CT molecular complexity index is 1360. The molecule has 1 atom stereocenters. The molecule has 1 aliphatic rings. The van der Waals surface area contributed by atoms with E-state index in [0.29, 0.717) is 11.3 Å². The molecule has 1 unspecified atom stereocenters. The maximum Gasteiger partial charge on any atom is 0.344 e. The van der Waals surface area contributed by atoms with E-state index in [1.807, 2.05) is 48.5 Å². The van der Waals surface area contributed by atoms with Gasteiger partial charge >= 0.3 is 5.97 Å². The van der Waals surface area contributed by atoms with Crippen LogP contribution in [0.1, 0.15) is 33.5 Å². The minimum atomic E-state index is -0.404. The molecular weight excluding hydrogens is 563 g/mol. The number of hydrazone groups is 1. The summed E-state index contributed by atoms with van der Waals surface area (Å²) in [6.07, 6.45) is 2.32. The first-order valence-corrected chi connectivity index (χ1v) is 12.7. The number of halogens is 1. The highest BCUT2D eigenvalue weighted by molar-refractivity contribution is 14.1. The molecule has 0 radical (unpaired) electrons. The van der Waals surface area contributed by atoms with Crippen LogP contribution >= 0.6 is 22.6 Å². The summed E-state index contributed by atoms with van der Waals surface area (Å²) in [5.74, 6) is -0.267. The summed E-state index contributed by atoms with van der Waals surface area (Å²) >= 11 is 2.11. The van der Waals surface area contributed by atoms with Crippen molar-refractivity contribution in [2.24, 2.45) is 11.0 Å². The van der Waals surface area contributed by atoms with Crippen LogP contribution in [0.15, 0.2) is 114 Å². The summed E-state index contributed by atoms with van der Waals surface area (Å²) in [5.41, 5.74) is 5.94. The molecule has 1 saturated carbocycles. The van der Waals surface area contributed by atoms with E-state index in [9.17, 15) is 9.59 Å². The molecule has 4 aromatic rings. The molecule has 0 bridgehead atoms. The molecule has 4 aromatic carbocycles. The van der Waals surface area contributed by atoms with Gasteiger partial charge in [-0.2, -0.15) is 5.10 Å². The molecule has 6 heteroatoms. The lowest BCUT2D eigenvalue weighted by Crippen LogP contribution is -2.25. The molecule has 1 N–H and O–H groups in total. The van der Waals surface area contributed by atoms with Crippen LogP contribution in [0.2, 0.25) is 0 Å². The normalized spacial score (nSPS) is 15.9. The summed E-state index contributed by atoms with van der Waals surface area (Å²) in [6.45, 7) is 0. The third-order valence-electron chi connectivity index (χ3n) is 6.43. The Hall–Kier alpha value is -3.78. The van der Waals surface area contributed by atoms with Gasteiger partial charge in [0.2, 0.25) is 5.91 Å². The first-order chi connectivity index (χ1) is 17.6. The fraction of sp³-hybridized carbons (Fsp3) is 0.100. The molecule has 36 heavy (non-hydrogen) atoms. The van der Waals surface area contributed by atoms with Crippen molar-refractivity contribution in [1.29, 1.82) is 0 Å². The summed E-state index contributed by atoms with van der Waals surface area (Å²) < 4.78 is 6.30. The number of nitrogens with zero attached hydrogens (tertiary/aromatic N) is 1. The Labute approximate surface area is 223 Å². The van der Waals surface area contributed by atoms with Gasteiger partial charge in [0.15, 0.2) is 0 Å². The first kappa shape index (κ1) is 23.9. The van der Waals surface area contributed by atoms with Crippen LogP contribution in [0.4, 0.5) is 0 Å². The SMILES string of the molecule is O=C(Oc1ccc(/C=N/NC(=O)C2CC2(c2ccccc2)c2ccccc2)cc1)c1ccccc1I. The summed E-state index contributed by atoms with van der Waals surface area (Å²) in [6, 6.07) is 34.6. The van der Waals surface area contributed by atoms with Crippen molar-refractivity contribution in [1.82, 2.24) is 5.43 Å². The predicted molar refractivity (Wildman–Crippen MR) is 148 cm³/mol. The Morgan fingerprint density at radius 2 is 1.42 bits per heavy atom. The van der Waals surface area contributed by atoms with Crippen molar-refractivity contribution in [3.8, 4) is 5.75 Å². The van der Waals surface area contributed by atoms with Crippen molar-refractivity contribution in [2.75, 3.05) is 0 Å². The van der Waals surface area contributed by atoms with E-state index in [-0.39, 0.29) is 17.2 Å². The van der Waals surface area contributed by atoms with E-state index in [1.54, 1.807) is 42.6 Å². The second-order valence-electron chi connectivity index (χ2n) is 8.63. The number of nitrogens with one attached hydrogen (secondary N) is 1. The molecular formula is C30H23IN2O3. The molecule has 0 aromatic heterocycles. The molecule has 0 spiro atoms. The number of carbonyl (C=O) groups excluding carboxylic acids is 2. The van der Waals surface area contributed by atoms with Gasteiger partial charge in [-0.05, 0) is 82.1 Å². The second-order valence-corrected chi connectivity index (χ2v) is 9.79. The fourth-order valence-electron chi connectivity index (χ4n) is 4.51. The number of hydrogen-bond acceptors (Lipinski definition) is 4. The van der Waals surface area contributed by atoms with E-state index in [0.717, 1.165) is 26.7 Å². The second kappa shape index (κ2) is 10.5. The summed E-state index contributed by atoms with van der Waals surface area (Å²) in [5, 5.41) is 4.17. The highest BCUT2D eigenvalue weighted by Crippen LogP contribution is 2.58. The fourth-order valence-corrected chi connectivity index (χ4v) is 5.12. The lowest BCUT2D eigenvalue weighted by Gasteiger charge is -2.18. The van der Waals surface area contributed by atoms with Gasteiger partial charge in [0, 0.05) is 8.99 Å². The van der Waals surface area contributed by atoms with Crippen molar-refractivity contribution in [3.05, 3.63) is 135 Å². The van der Waals surface area contributed by atoms with E-state index >= 15 is 0 Å². The highest BCUT2D eigenvalue weighted by Gasteiger charge is 2.60. The van der Waals surface area contributed by atoms with Crippen LogP contribution in [-0.2, 0) is 10.2 Å². The molecule has 5 rings (SSSR count). The highest BCUT2D eigenvalue weighted by atomic mass is 127. The average molecular weight is 586 g/mol. The number of carbonyl (C=O) groups is 2. The largest absolute Gasteiger partial charge is 0.423 e. The Morgan fingerprint density at radius 1 is 0.833 bits per heavy atom. The zero-order chi connectivity index (χ0) is 25.0. The minimum absolute atomic E-state index is 0.109. The number of hydrogen-bond donors (Lipinski definition) is 1. The third-order valence-corrected chi connectivity index (χ3v) is 7.37. The predicted octanol–water partition coefficient (Wildman–Crippen LogP) is 5.97. The zero-order valence-electron chi connectivity index (χ0n) is 19.3. The van der Waals surface area contributed by atoms with Crippen molar-refractivity contribution < 1.29 is 14.3 Å². The van der Waals surface area contributed by atoms with Crippen LogP contribution in [-0.4, -0.2) is 18.1 Å². The van der Waals surface area contributed by atoms with Gasteiger partial charge < -0.3 is 4.74 Å². The van der Waals surface area contributed by atoms with E-state index in [1.165, 1.54) is 0 Å². The van der Waals surface area contributed by atoms with Gasteiger partial charge in [0.05, 0.1) is 17.7 Å². The van der Waals surface area contributed by atoms with Gasteiger partial charge in [-0.1, -0.05) is 72.8 Å². The minimum Gasteiger partial charge on any atom is -0.423 e. The molecule has 1 fully saturated rings. The number of rotatable bonds is 7. The Balaban J connectivity index is 1.22. The Morgan fingerprint density at radius 3 is 2.03 bits per heavy atom. The quantitative estimate of drug-likeness (QED) is 0.0955. The topological polar surface area (TPSA) is 67.8 Å². The number of benzene rings is 4. The molecule has 5 nitrogen and oxygen atoms in total. The van der Waals surface area contributed by atoms with Crippen LogP contribution in [0.3, 0.4) is 0 Å². The number of amides is 1. The van der Waals surface area contributed by atoms with E-state index in [2.05, 4.69) is 57.4 Å². The van der Waals surface area contributed by atoms with Gasteiger partial charge in [-0.3, -0.25) is 4.79 Å². The number of ether oxygens (including phenoxy) is 1. The van der Waals surface area contributed by atoms with Gasteiger partial charge in [0.25, 0.3) is 0 Å². The lowest BCUT2D eigenvalue weighted by molar-refractivity contribution is -0.122. The standard InChI is InChI=1S/C30H23IN2O3/c31-27-14-8-7-13-25(27)29(35)36-24-17-15-21(16-18-24)20-32-33-28(34)26-19-30(26,22-9-3-1-4-10-22)23-11-5-2-6-12-23/h1-18,20,26H,19H2,(H,33,34)/b32-20+. The maximum absolute atomic E-state index is 13.0. The Kier molecular flexibility index (Phi) is 6.95. The first-order valence-electron chi connectivity index (χ1n) is 11.6. The molecule has 1 aliphatic carbocycles. The molecule has 178 valence electrons. The molecule has 0 heterocycles. The lowest BCUT2D eigenvalue weighted by atomic mass is 9.85. The van der Waals surface area contributed by atoms with Crippen LogP contribution in [0.5, 0.6) is 5.75 Å². The average Bonchev–Trinajstić information content (AvgIpc) is 3.68. The number of esters is 1. The van der Waals surface area contributed by atoms with Crippen LogP contribution in [0.25, 0.3) is 0 Å². The summed E-state index contributed by atoms with van der Waals surface area (Å²) in [4.78, 5) is 25.4. The van der Waals surface area contributed by atoms with Gasteiger partial charge in [0.1, 0.15) is 5.75 Å². The summed E-state index contributed by atoms with van der Waals surface area (Å²) in [7, 11) is 0. The molecule has 0 aliphatic heterocycles. The van der Waals surface area contributed by atoms with Crippen LogP contribution < -0.4 is 10.2 Å². The van der Waals surface area contributed by atoms with Gasteiger partial charge in [-0.25, -0.2) is 10.2 Å².